The van der Waals surface area contributed by atoms with Crippen molar-refractivity contribution in [2.24, 2.45) is 0 Å². The molecule has 0 spiro atoms. The fraction of sp³-hybridized carbons (Fsp3) is 0. The van der Waals surface area contributed by atoms with Gasteiger partial charge >= 0.3 is 0 Å². The fourth-order valence-electron chi connectivity index (χ4n) is 3.79. The summed E-state index contributed by atoms with van der Waals surface area (Å²) in [5.74, 6) is 0. The summed E-state index contributed by atoms with van der Waals surface area (Å²) in [7, 11) is 0. The van der Waals surface area contributed by atoms with E-state index in [-0.39, 0.29) is 124 Å². The van der Waals surface area contributed by atoms with E-state index in [2.05, 4.69) is 0 Å². The zero-order valence-corrected chi connectivity index (χ0v) is 32.4. The Balaban J connectivity index is 2.11. The van der Waals surface area contributed by atoms with Crippen molar-refractivity contribution in [3.8, 4) is 33.4 Å². The highest BCUT2D eigenvalue weighted by atomic mass is 35.5. The van der Waals surface area contributed by atoms with Crippen molar-refractivity contribution in [1.29, 1.82) is 0 Å². The molecule has 0 radical (unpaired) electrons. The van der Waals surface area contributed by atoms with Gasteiger partial charge in [0, 0.05) is 33.4 Å². The molecule has 0 nitrogen and oxygen atoms in total. The second-order valence-electron chi connectivity index (χ2n) is 7.90. The van der Waals surface area contributed by atoms with E-state index in [0.717, 1.165) is 0 Å². The number of hydrogen-bond acceptors (Lipinski definition) is 0. The van der Waals surface area contributed by atoms with E-state index >= 15 is 0 Å². The molecule has 0 aliphatic carbocycles. The lowest BCUT2D eigenvalue weighted by molar-refractivity contribution is 1.56. The highest BCUT2D eigenvalue weighted by molar-refractivity contribution is 6.61. The minimum absolute atomic E-state index is 0.00692. The minimum atomic E-state index is -0.201. The summed E-state index contributed by atoms with van der Waals surface area (Å²) in [4.78, 5) is 0. The number of hydrogen-bond donors (Lipinski definition) is 0. The summed E-state index contributed by atoms with van der Waals surface area (Å²) in [6, 6.07) is 0. The fourth-order valence-corrected chi connectivity index (χ4v) is 8.91. The van der Waals surface area contributed by atoms with Gasteiger partial charge in [-0.15, -0.1) is 0 Å². The van der Waals surface area contributed by atoms with Crippen LogP contribution in [0.1, 0.15) is 0 Å². The Morgan fingerprint density at radius 2 is 0.190 bits per heavy atom. The zero-order chi connectivity index (χ0) is 31.9. The van der Waals surface area contributed by atoms with Gasteiger partial charge in [-0.05, 0) is 0 Å². The Morgan fingerprint density at radius 1 is 0.119 bits per heavy atom. The lowest BCUT2D eigenvalue weighted by Crippen LogP contribution is -1.97. The van der Waals surface area contributed by atoms with Gasteiger partial charge in [-0.2, -0.15) is 0 Å². The molecule has 0 atom stereocenters. The first-order valence-corrected chi connectivity index (χ1v) is 17.0. The molecule has 0 saturated carbocycles. The van der Waals surface area contributed by atoms with Crippen LogP contribution in [0.5, 0.6) is 0 Å². The van der Waals surface area contributed by atoms with Crippen molar-refractivity contribution < 1.29 is 0 Å². The molecule has 0 amide bonds. The highest BCUT2D eigenvalue weighted by Crippen LogP contribution is 2.60. The highest BCUT2D eigenvalue weighted by Gasteiger charge is 2.33. The average Bonchev–Trinajstić information content (AvgIpc) is 2.96. The van der Waals surface area contributed by atoms with E-state index in [1.165, 1.54) is 0 Å². The van der Waals surface area contributed by atoms with Gasteiger partial charge in [0.1, 0.15) is 0 Å². The smallest absolute Gasteiger partial charge is 0.0809 e. The van der Waals surface area contributed by atoms with E-state index in [9.17, 15) is 0 Å². The van der Waals surface area contributed by atoms with Gasteiger partial charge in [-0.25, -0.2) is 0 Å². The van der Waals surface area contributed by atoms with Crippen molar-refractivity contribution in [2.45, 2.75) is 0 Å². The first kappa shape index (κ1) is 36.9. The summed E-state index contributed by atoms with van der Waals surface area (Å²) in [5.41, 5.74) is -0.120. The standard InChI is InChI=1S/C24Cl18/c25-7-1(8(26)12(30)3(11(7)29)5-15(33)19(37)23(41)20(38)16(5)34)2-9(27)13(31)4(14(32)10(2)28)6-17(35)21(39)24(42)22(40)18(6)36. The Kier molecular flexibility index (Phi) is 12.2. The van der Waals surface area contributed by atoms with E-state index < -0.39 is 0 Å². The van der Waals surface area contributed by atoms with Crippen LogP contribution >= 0.6 is 209 Å². The van der Waals surface area contributed by atoms with Gasteiger partial charge in [0.15, 0.2) is 0 Å². The maximum atomic E-state index is 6.74. The Bertz CT molecular complexity index is 1610. The molecular formula is C24Cl18. The lowest BCUT2D eigenvalue weighted by atomic mass is 9.96. The molecule has 0 heterocycles. The van der Waals surface area contributed by atoms with Crippen LogP contribution in [0.3, 0.4) is 0 Å². The van der Waals surface area contributed by atoms with Crippen LogP contribution in [-0.4, -0.2) is 0 Å². The molecule has 0 bridgehead atoms. The largest absolute Gasteiger partial charge is 0.0819 e. The van der Waals surface area contributed by atoms with Gasteiger partial charge in [0.05, 0.1) is 90.4 Å². The van der Waals surface area contributed by atoms with E-state index in [0.29, 0.717) is 0 Å². The molecule has 0 aromatic heterocycles. The summed E-state index contributed by atoms with van der Waals surface area (Å²) >= 11 is 117. The van der Waals surface area contributed by atoms with Crippen molar-refractivity contribution in [3.63, 3.8) is 0 Å². The van der Waals surface area contributed by atoms with Crippen LogP contribution in [0, 0.1) is 0 Å². The molecule has 18 heteroatoms. The molecular weight excluding hydrogens is 926 g/mol. The first-order valence-electron chi connectivity index (χ1n) is 10.2. The number of halogens is 18. The third kappa shape index (κ3) is 5.87. The first-order chi connectivity index (χ1) is 19.4. The van der Waals surface area contributed by atoms with E-state index in [1.54, 1.807) is 0 Å². The zero-order valence-electron chi connectivity index (χ0n) is 18.8. The Hall–Kier alpha value is 2.10. The lowest BCUT2D eigenvalue weighted by Gasteiger charge is -2.22. The molecule has 4 aromatic rings. The predicted molar refractivity (Wildman–Crippen MR) is 193 cm³/mol. The summed E-state index contributed by atoms with van der Waals surface area (Å²) < 4.78 is 0. The molecule has 4 rings (SSSR count). The van der Waals surface area contributed by atoms with Crippen LogP contribution in [0.15, 0.2) is 0 Å². The van der Waals surface area contributed by atoms with Crippen LogP contribution < -0.4 is 0 Å². The number of rotatable bonds is 3. The maximum Gasteiger partial charge on any atom is 0.0809 e. The van der Waals surface area contributed by atoms with Crippen molar-refractivity contribution >= 4 is 209 Å². The Morgan fingerprint density at radius 3 is 0.310 bits per heavy atom. The van der Waals surface area contributed by atoms with Crippen molar-refractivity contribution in [1.82, 2.24) is 0 Å². The van der Waals surface area contributed by atoms with Gasteiger partial charge in [0.25, 0.3) is 0 Å². The van der Waals surface area contributed by atoms with Crippen LogP contribution in [0.25, 0.3) is 33.4 Å². The SMILES string of the molecule is Clc1c(Cl)c(Cl)c(-c2c(Cl)c(Cl)c(-c3c(Cl)c(Cl)c(-c4c(Cl)c(Cl)c(Cl)c(Cl)c4Cl)c(Cl)c3Cl)c(Cl)c2Cl)c(Cl)c1Cl. The molecule has 42 heavy (non-hydrogen) atoms. The molecule has 0 aliphatic heterocycles. The van der Waals surface area contributed by atoms with Gasteiger partial charge in [0.2, 0.25) is 0 Å². The van der Waals surface area contributed by atoms with Crippen LogP contribution in [0.2, 0.25) is 90.4 Å². The van der Waals surface area contributed by atoms with Crippen molar-refractivity contribution in [2.75, 3.05) is 0 Å². The molecule has 0 unspecified atom stereocenters. The minimum Gasteiger partial charge on any atom is -0.0819 e. The summed E-state index contributed by atoms with van der Waals surface area (Å²) in [5, 5.41) is -2.73. The normalized spacial score (nSPS) is 11.6. The number of benzene rings is 4. The summed E-state index contributed by atoms with van der Waals surface area (Å²) in [6.07, 6.45) is 0. The second-order valence-corrected chi connectivity index (χ2v) is 14.7. The van der Waals surface area contributed by atoms with Gasteiger partial charge < -0.3 is 0 Å². The Labute approximate surface area is 328 Å². The molecule has 0 saturated heterocycles. The molecule has 0 N–H and O–H groups in total. The molecule has 0 fully saturated rings. The monoisotopic (exact) mass is 917 g/mol. The van der Waals surface area contributed by atoms with E-state index in [1.807, 2.05) is 0 Å². The van der Waals surface area contributed by atoms with Crippen LogP contribution in [0.4, 0.5) is 0 Å². The van der Waals surface area contributed by atoms with Crippen molar-refractivity contribution in [3.05, 3.63) is 90.4 Å². The summed E-state index contributed by atoms with van der Waals surface area (Å²) in [6.45, 7) is 0. The quantitative estimate of drug-likeness (QED) is 0.142. The van der Waals surface area contributed by atoms with E-state index in [4.69, 9.17) is 209 Å². The van der Waals surface area contributed by atoms with Crippen LogP contribution in [-0.2, 0) is 0 Å². The molecule has 222 valence electrons. The topological polar surface area (TPSA) is 0 Å². The third-order valence-electron chi connectivity index (χ3n) is 5.70. The third-order valence-corrected chi connectivity index (χ3v) is 13.7. The molecule has 0 aliphatic rings. The maximum absolute atomic E-state index is 6.74. The molecule has 4 aromatic carbocycles. The average molecular weight is 926 g/mol. The second kappa shape index (κ2) is 13.9. The van der Waals surface area contributed by atoms with Gasteiger partial charge in [-0.3, -0.25) is 0 Å². The van der Waals surface area contributed by atoms with Gasteiger partial charge in [-0.1, -0.05) is 209 Å². The predicted octanol–water partition coefficient (Wildman–Crippen LogP) is 18.4.